The molecule has 0 aliphatic carbocycles. The number of carbonyl (C=O) groups excluding carboxylic acids is 6. The van der Waals surface area contributed by atoms with E-state index in [2.05, 4.69) is 17.9 Å². The van der Waals surface area contributed by atoms with E-state index in [4.69, 9.17) is 28.4 Å². The molecule has 1 amide bonds. The lowest BCUT2D eigenvalue weighted by molar-refractivity contribution is -0.223. The zero-order valence-corrected chi connectivity index (χ0v) is 20.5. The van der Waals surface area contributed by atoms with Gasteiger partial charge in [0.1, 0.15) is 18.8 Å². The number of nitrogens with one attached hydrogen (secondary N) is 1. The number of rotatable bonds is 9. The van der Waals surface area contributed by atoms with Crippen LogP contribution in [0.5, 0.6) is 0 Å². The van der Waals surface area contributed by atoms with Crippen molar-refractivity contribution < 1.29 is 57.2 Å². The van der Waals surface area contributed by atoms with Crippen LogP contribution in [-0.2, 0) is 57.2 Å². The maximum absolute atomic E-state index is 12.5. The van der Waals surface area contributed by atoms with Gasteiger partial charge in [-0.15, -0.1) is 12.6 Å². The second kappa shape index (κ2) is 12.6. The van der Waals surface area contributed by atoms with Crippen molar-refractivity contribution in [3.63, 3.8) is 0 Å². The van der Waals surface area contributed by atoms with Gasteiger partial charge >= 0.3 is 29.8 Å². The molecule has 1 N–H and O–H groups in total. The van der Waals surface area contributed by atoms with Crippen molar-refractivity contribution in [1.29, 1.82) is 0 Å². The highest BCUT2D eigenvalue weighted by atomic mass is 32.1. The van der Waals surface area contributed by atoms with E-state index in [9.17, 15) is 28.8 Å². The number of esters is 5. The molecule has 0 bridgehead atoms. The maximum atomic E-state index is 12.5. The van der Waals surface area contributed by atoms with Crippen LogP contribution in [0.1, 0.15) is 41.0 Å². The molecule has 0 radical (unpaired) electrons. The fourth-order valence-corrected chi connectivity index (χ4v) is 3.81. The highest BCUT2D eigenvalue weighted by Crippen LogP contribution is 2.38. The van der Waals surface area contributed by atoms with E-state index in [1.807, 2.05) is 0 Å². The van der Waals surface area contributed by atoms with Gasteiger partial charge in [-0.25, -0.2) is 4.79 Å². The van der Waals surface area contributed by atoms with Gasteiger partial charge in [0.05, 0.1) is 13.2 Å². The lowest BCUT2D eigenvalue weighted by atomic mass is 9.89. The second-order valence-electron chi connectivity index (χ2n) is 7.46. The van der Waals surface area contributed by atoms with E-state index >= 15 is 0 Å². The molecule has 1 rings (SSSR count). The van der Waals surface area contributed by atoms with Gasteiger partial charge in [0.15, 0.2) is 12.2 Å². The van der Waals surface area contributed by atoms with Crippen molar-refractivity contribution in [3.8, 4) is 0 Å². The normalized spacial score (nSPS) is 25.7. The molecule has 1 aliphatic heterocycles. The third kappa shape index (κ3) is 8.48. The van der Waals surface area contributed by atoms with Crippen molar-refractivity contribution in [3.05, 3.63) is 0 Å². The lowest BCUT2D eigenvalue weighted by Gasteiger charge is -2.47. The zero-order chi connectivity index (χ0) is 26.2. The maximum Gasteiger partial charge on any atom is 0.348 e. The van der Waals surface area contributed by atoms with Crippen LogP contribution in [0, 0.1) is 0 Å². The molecular weight excluding hydrogens is 478 g/mol. The molecule has 6 atom stereocenters. The molecule has 34 heavy (non-hydrogen) atoms. The van der Waals surface area contributed by atoms with Gasteiger partial charge in [0.2, 0.25) is 10.8 Å². The largest absolute Gasteiger partial charge is 0.466 e. The Kier molecular flexibility index (Phi) is 10.8. The van der Waals surface area contributed by atoms with E-state index in [1.54, 1.807) is 0 Å². The molecule has 0 aromatic rings. The smallest absolute Gasteiger partial charge is 0.348 e. The number of hydrogen-bond donors (Lipinski definition) is 2. The average Bonchev–Trinajstić information content (AvgIpc) is 2.69. The Labute approximate surface area is 201 Å². The minimum Gasteiger partial charge on any atom is -0.466 e. The van der Waals surface area contributed by atoms with Crippen LogP contribution in [0.25, 0.3) is 0 Å². The van der Waals surface area contributed by atoms with Crippen molar-refractivity contribution in [2.45, 2.75) is 76.4 Å². The second-order valence-corrected chi connectivity index (χ2v) is 8.18. The Morgan fingerprint density at radius 2 is 1.56 bits per heavy atom. The Morgan fingerprint density at radius 3 is 2.00 bits per heavy atom. The minimum absolute atomic E-state index is 0.348. The lowest BCUT2D eigenvalue weighted by Crippen LogP contribution is -2.67. The van der Waals surface area contributed by atoms with E-state index in [0.29, 0.717) is 0 Å². The molecule has 0 spiro atoms. The number of hydrogen-bond acceptors (Lipinski definition) is 13. The molecular formula is C20H29NO12S. The summed E-state index contributed by atoms with van der Waals surface area (Å²) in [4.78, 5) is 69.3. The van der Waals surface area contributed by atoms with Gasteiger partial charge in [-0.3, -0.25) is 24.0 Å². The first-order valence-electron chi connectivity index (χ1n) is 10.1. The van der Waals surface area contributed by atoms with Gasteiger partial charge < -0.3 is 33.7 Å². The van der Waals surface area contributed by atoms with E-state index in [0.717, 1.165) is 34.8 Å². The predicted octanol–water partition coefficient (Wildman–Crippen LogP) is -0.563. The van der Waals surface area contributed by atoms with Gasteiger partial charge in [-0.1, -0.05) is 0 Å². The summed E-state index contributed by atoms with van der Waals surface area (Å²) >= 11 is 4.27. The minimum atomic E-state index is -2.02. The van der Waals surface area contributed by atoms with Crippen LogP contribution in [0.4, 0.5) is 0 Å². The molecule has 1 aliphatic rings. The molecule has 0 saturated carbocycles. The summed E-state index contributed by atoms with van der Waals surface area (Å²) in [6.07, 6.45) is -6.02. The summed E-state index contributed by atoms with van der Waals surface area (Å²) in [5, 5.41) is 2.54. The fraction of sp³-hybridized carbons (Fsp3) is 0.700. The van der Waals surface area contributed by atoms with Crippen LogP contribution >= 0.6 is 12.6 Å². The highest BCUT2D eigenvalue weighted by molar-refractivity contribution is 7.82. The summed E-state index contributed by atoms with van der Waals surface area (Å²) in [5.74, 6) is -4.69. The first-order valence-corrected chi connectivity index (χ1v) is 10.6. The number of thiol groups is 1. The molecule has 1 saturated heterocycles. The molecule has 192 valence electrons. The zero-order valence-electron chi connectivity index (χ0n) is 19.6. The van der Waals surface area contributed by atoms with Crippen LogP contribution in [0.3, 0.4) is 0 Å². The quantitative estimate of drug-likeness (QED) is 0.232. The summed E-state index contributed by atoms with van der Waals surface area (Å²) in [6, 6.07) is -1.20. The van der Waals surface area contributed by atoms with Crippen LogP contribution in [-0.4, -0.2) is 84.9 Å². The van der Waals surface area contributed by atoms with Gasteiger partial charge in [0, 0.05) is 41.0 Å². The summed E-state index contributed by atoms with van der Waals surface area (Å²) in [7, 11) is 1.07. The molecule has 1 heterocycles. The molecule has 0 aromatic heterocycles. The monoisotopic (exact) mass is 507 g/mol. The van der Waals surface area contributed by atoms with Crippen LogP contribution in [0.2, 0.25) is 0 Å². The van der Waals surface area contributed by atoms with Gasteiger partial charge in [0.25, 0.3) is 0 Å². The third-order valence-corrected chi connectivity index (χ3v) is 4.99. The Balaban J connectivity index is 3.64. The van der Waals surface area contributed by atoms with Crippen LogP contribution < -0.4 is 5.32 Å². The SMILES string of the molecule is COC(=O)[C@@]1(S)C[C@@H](OC(C)=O)[C@@H](NC(C)=O)C([C@H](OC(C)=O)[C@@H](COC(C)=O)OC(C)=O)O1. The topological polar surface area (TPSA) is 170 Å². The molecule has 14 heteroatoms. The fourth-order valence-electron chi connectivity index (χ4n) is 3.41. The van der Waals surface area contributed by atoms with E-state index in [-0.39, 0.29) is 6.42 Å². The standard InChI is InChI=1S/C20H29NO12S/c1-9(22)21-16-14(30-11(3)24)7-20(34,19(27)28-6)33-18(16)17(32-13(5)26)15(31-12(4)25)8-29-10(2)23/h14-18,34H,7-8H2,1-6H3,(H,21,22)/t14-,15-,16-,17-,18?,20+/m1/s1. The molecule has 1 fully saturated rings. The van der Waals surface area contributed by atoms with Crippen molar-refractivity contribution in [1.82, 2.24) is 5.32 Å². The number of amides is 1. The predicted molar refractivity (Wildman–Crippen MR) is 114 cm³/mol. The Hall–Kier alpha value is -2.87. The average molecular weight is 508 g/mol. The molecule has 0 aromatic carbocycles. The van der Waals surface area contributed by atoms with E-state index in [1.165, 1.54) is 6.92 Å². The number of carbonyl (C=O) groups is 6. The molecule has 1 unspecified atom stereocenters. The molecule has 13 nitrogen and oxygen atoms in total. The Bertz CT molecular complexity index is 817. The summed E-state index contributed by atoms with van der Waals surface area (Å²) in [5.41, 5.74) is 0. The van der Waals surface area contributed by atoms with Crippen molar-refractivity contribution in [2.24, 2.45) is 0 Å². The van der Waals surface area contributed by atoms with Gasteiger partial charge in [-0.05, 0) is 0 Å². The first-order chi connectivity index (χ1) is 15.7. The number of ether oxygens (including phenoxy) is 6. The van der Waals surface area contributed by atoms with Crippen molar-refractivity contribution >= 4 is 48.4 Å². The number of methoxy groups -OCH3 is 1. The summed E-state index contributed by atoms with van der Waals surface area (Å²) < 4.78 is 31.4. The van der Waals surface area contributed by atoms with E-state index < -0.39 is 77.8 Å². The highest BCUT2D eigenvalue weighted by Gasteiger charge is 2.56. The van der Waals surface area contributed by atoms with Crippen molar-refractivity contribution in [2.75, 3.05) is 13.7 Å². The third-order valence-electron chi connectivity index (χ3n) is 4.52. The van der Waals surface area contributed by atoms with Gasteiger partial charge in [-0.2, -0.15) is 0 Å². The summed E-state index contributed by atoms with van der Waals surface area (Å²) in [6.45, 7) is 4.95. The van der Waals surface area contributed by atoms with Crippen LogP contribution in [0.15, 0.2) is 0 Å². The first kappa shape index (κ1) is 29.2. The Morgan fingerprint density at radius 1 is 0.971 bits per heavy atom.